The van der Waals surface area contributed by atoms with E-state index >= 15 is 0 Å². The minimum Gasteiger partial charge on any atom is -0.387 e. The Hall–Kier alpha value is -1.24. The first-order valence-electron chi connectivity index (χ1n) is 3.86. The van der Waals surface area contributed by atoms with Crippen molar-refractivity contribution in [2.75, 3.05) is 0 Å². The number of allylic oxidation sites excluding steroid dienone is 1. The first-order chi connectivity index (χ1) is 5.38. The molecule has 1 heterocycles. The summed E-state index contributed by atoms with van der Waals surface area (Å²) in [4.78, 5) is 0. The van der Waals surface area contributed by atoms with Crippen LogP contribution in [0.5, 0.6) is 0 Å². The van der Waals surface area contributed by atoms with Gasteiger partial charge in [-0.3, -0.25) is 0 Å². The summed E-state index contributed by atoms with van der Waals surface area (Å²) < 4.78 is 0. The highest BCUT2D eigenvalue weighted by Gasteiger charge is 2.05. The Labute approximate surface area is 66.7 Å². The second-order valence-electron chi connectivity index (χ2n) is 2.87. The highest BCUT2D eigenvalue weighted by atomic mass is 14.8. The third-order valence-corrected chi connectivity index (χ3v) is 2.05. The molecular weight excluding hydrogens is 134 g/mol. The molecule has 11 heavy (non-hydrogen) atoms. The van der Waals surface area contributed by atoms with Crippen LogP contribution in [0.4, 0.5) is 0 Å². The summed E-state index contributed by atoms with van der Waals surface area (Å²) in [6.45, 7) is 3.10. The van der Waals surface area contributed by atoms with Gasteiger partial charge in [-0.05, 0) is 23.6 Å². The molecule has 1 aliphatic heterocycles. The molecule has 1 N–H and O–H groups in total. The van der Waals surface area contributed by atoms with Gasteiger partial charge < -0.3 is 5.32 Å². The molecule has 0 saturated carbocycles. The fraction of sp³-hybridized carbons (Fsp3) is 0.200. The molecule has 0 fully saturated rings. The van der Waals surface area contributed by atoms with Gasteiger partial charge in [0.1, 0.15) is 0 Å². The molecule has 1 aromatic carbocycles. The molecule has 1 aromatic rings. The maximum atomic E-state index is 3.23. The molecule has 1 heteroatoms. The van der Waals surface area contributed by atoms with Crippen molar-refractivity contribution in [2.45, 2.75) is 13.5 Å². The zero-order chi connectivity index (χ0) is 7.68. The predicted molar refractivity (Wildman–Crippen MR) is 46.9 cm³/mol. The lowest BCUT2D eigenvalue weighted by atomic mass is 9.99. The number of fused-ring (bicyclic) bond motifs is 1. The quantitative estimate of drug-likeness (QED) is 0.589. The molecule has 0 atom stereocenters. The van der Waals surface area contributed by atoms with Crippen LogP contribution in [0.15, 0.2) is 30.5 Å². The lowest BCUT2D eigenvalue weighted by molar-refractivity contribution is 0.851. The fourth-order valence-electron chi connectivity index (χ4n) is 1.45. The van der Waals surface area contributed by atoms with Gasteiger partial charge >= 0.3 is 0 Å². The molecule has 0 radical (unpaired) electrons. The van der Waals surface area contributed by atoms with Gasteiger partial charge in [0.2, 0.25) is 0 Å². The normalized spacial score (nSPS) is 14.8. The van der Waals surface area contributed by atoms with Gasteiger partial charge in [-0.2, -0.15) is 0 Å². The molecule has 0 bridgehead atoms. The SMILES string of the molecule is CC1=CNCc2ccccc21. The average Bonchev–Trinajstić information content (AvgIpc) is 2.06. The number of hydrogen-bond donors (Lipinski definition) is 1. The zero-order valence-electron chi connectivity index (χ0n) is 6.59. The van der Waals surface area contributed by atoms with Crippen molar-refractivity contribution in [3.63, 3.8) is 0 Å². The van der Waals surface area contributed by atoms with E-state index in [9.17, 15) is 0 Å². The van der Waals surface area contributed by atoms with Gasteiger partial charge in [-0.25, -0.2) is 0 Å². The van der Waals surface area contributed by atoms with E-state index in [4.69, 9.17) is 0 Å². The second-order valence-corrected chi connectivity index (χ2v) is 2.87. The zero-order valence-corrected chi connectivity index (χ0v) is 6.59. The van der Waals surface area contributed by atoms with Gasteiger partial charge in [0.25, 0.3) is 0 Å². The summed E-state index contributed by atoms with van der Waals surface area (Å²) in [5, 5.41) is 3.23. The van der Waals surface area contributed by atoms with Crippen LogP contribution in [0.2, 0.25) is 0 Å². The van der Waals surface area contributed by atoms with Crippen LogP contribution in [0.25, 0.3) is 5.57 Å². The maximum Gasteiger partial charge on any atom is 0.0401 e. The largest absolute Gasteiger partial charge is 0.387 e. The van der Waals surface area contributed by atoms with E-state index < -0.39 is 0 Å². The summed E-state index contributed by atoms with van der Waals surface area (Å²) >= 11 is 0. The molecule has 1 aliphatic rings. The lowest BCUT2D eigenvalue weighted by Crippen LogP contribution is -2.12. The molecule has 2 rings (SSSR count). The smallest absolute Gasteiger partial charge is 0.0401 e. The standard InChI is InChI=1S/C10H11N/c1-8-6-11-7-9-4-2-3-5-10(8)9/h2-6,11H,7H2,1H3. The molecule has 0 saturated heterocycles. The Morgan fingerprint density at radius 1 is 1.27 bits per heavy atom. The number of benzene rings is 1. The Balaban J connectivity index is 2.56. The van der Waals surface area contributed by atoms with Crippen LogP contribution in [0.1, 0.15) is 18.1 Å². The van der Waals surface area contributed by atoms with Crippen LogP contribution < -0.4 is 5.32 Å². The van der Waals surface area contributed by atoms with Crippen molar-refractivity contribution in [1.82, 2.24) is 5.32 Å². The summed E-state index contributed by atoms with van der Waals surface area (Å²) in [5.41, 5.74) is 4.10. The van der Waals surface area contributed by atoms with Gasteiger partial charge in [0.15, 0.2) is 0 Å². The molecule has 0 aromatic heterocycles. The third-order valence-electron chi connectivity index (χ3n) is 2.05. The summed E-state index contributed by atoms with van der Waals surface area (Å²) in [7, 11) is 0. The van der Waals surface area contributed by atoms with Crippen molar-refractivity contribution < 1.29 is 0 Å². The molecule has 56 valence electrons. The van der Waals surface area contributed by atoms with E-state index in [1.54, 1.807) is 0 Å². The second kappa shape index (κ2) is 2.42. The number of nitrogens with one attached hydrogen (secondary N) is 1. The molecule has 0 unspecified atom stereocenters. The number of hydrogen-bond acceptors (Lipinski definition) is 1. The van der Waals surface area contributed by atoms with Crippen molar-refractivity contribution in [3.8, 4) is 0 Å². The van der Waals surface area contributed by atoms with Crippen molar-refractivity contribution >= 4 is 5.57 Å². The van der Waals surface area contributed by atoms with Crippen LogP contribution in [-0.4, -0.2) is 0 Å². The van der Waals surface area contributed by atoms with Crippen LogP contribution in [0, 0.1) is 0 Å². The van der Waals surface area contributed by atoms with Crippen molar-refractivity contribution in [3.05, 3.63) is 41.6 Å². The van der Waals surface area contributed by atoms with Crippen LogP contribution in [-0.2, 0) is 6.54 Å². The van der Waals surface area contributed by atoms with Crippen LogP contribution in [0.3, 0.4) is 0 Å². The van der Waals surface area contributed by atoms with E-state index in [2.05, 4.69) is 42.7 Å². The Kier molecular flexibility index (Phi) is 1.42. The van der Waals surface area contributed by atoms with Gasteiger partial charge in [0, 0.05) is 12.7 Å². The van der Waals surface area contributed by atoms with Crippen molar-refractivity contribution in [2.24, 2.45) is 0 Å². The molecule has 0 amide bonds. The first kappa shape index (κ1) is 6.47. The van der Waals surface area contributed by atoms with Gasteiger partial charge in [-0.1, -0.05) is 24.3 Å². The van der Waals surface area contributed by atoms with Gasteiger partial charge in [-0.15, -0.1) is 0 Å². The molecular formula is C10H11N. The molecule has 0 spiro atoms. The minimum atomic E-state index is 0.966. The van der Waals surface area contributed by atoms with E-state index in [0.717, 1.165) is 6.54 Å². The van der Waals surface area contributed by atoms with E-state index in [0.29, 0.717) is 0 Å². The highest BCUT2D eigenvalue weighted by Crippen LogP contribution is 2.20. The van der Waals surface area contributed by atoms with E-state index in [1.807, 2.05) is 0 Å². The predicted octanol–water partition coefficient (Wildman–Crippen LogP) is 2.15. The maximum absolute atomic E-state index is 3.23. The Morgan fingerprint density at radius 3 is 2.91 bits per heavy atom. The summed E-state index contributed by atoms with van der Waals surface area (Å²) in [5.74, 6) is 0. The minimum absolute atomic E-state index is 0.966. The van der Waals surface area contributed by atoms with Gasteiger partial charge in [0.05, 0.1) is 0 Å². The lowest BCUT2D eigenvalue weighted by Gasteiger charge is -2.15. The Bertz CT molecular complexity index is 299. The topological polar surface area (TPSA) is 12.0 Å². The monoisotopic (exact) mass is 145 g/mol. The van der Waals surface area contributed by atoms with E-state index in [1.165, 1.54) is 16.7 Å². The molecule has 0 aliphatic carbocycles. The number of rotatable bonds is 0. The van der Waals surface area contributed by atoms with E-state index in [-0.39, 0.29) is 0 Å². The van der Waals surface area contributed by atoms with Crippen molar-refractivity contribution in [1.29, 1.82) is 0 Å². The molecule has 1 nitrogen and oxygen atoms in total. The summed E-state index contributed by atoms with van der Waals surface area (Å²) in [6.07, 6.45) is 2.07. The Morgan fingerprint density at radius 2 is 2.09 bits per heavy atom. The highest BCUT2D eigenvalue weighted by molar-refractivity contribution is 5.67. The third kappa shape index (κ3) is 1.03. The fourth-order valence-corrected chi connectivity index (χ4v) is 1.45. The summed E-state index contributed by atoms with van der Waals surface area (Å²) in [6, 6.07) is 8.50. The van der Waals surface area contributed by atoms with Crippen LogP contribution >= 0.6 is 0 Å². The average molecular weight is 145 g/mol. The first-order valence-corrected chi connectivity index (χ1v) is 3.86.